The molecular formula is C20H22N2O2. The molecule has 1 amide bonds. The van der Waals surface area contributed by atoms with E-state index in [9.17, 15) is 4.79 Å². The summed E-state index contributed by atoms with van der Waals surface area (Å²) >= 11 is 0. The highest BCUT2D eigenvalue weighted by atomic mass is 16.5. The highest BCUT2D eigenvalue weighted by Crippen LogP contribution is 2.19. The molecule has 2 aromatic carbocycles. The maximum atomic E-state index is 12.1. The van der Waals surface area contributed by atoms with Crippen LogP contribution >= 0.6 is 0 Å². The van der Waals surface area contributed by atoms with Crippen LogP contribution in [-0.2, 0) is 17.6 Å². The predicted molar refractivity (Wildman–Crippen MR) is 96.3 cm³/mol. The van der Waals surface area contributed by atoms with Gasteiger partial charge < -0.3 is 15.0 Å². The van der Waals surface area contributed by atoms with Crippen LogP contribution in [0.4, 0.5) is 0 Å². The predicted octanol–water partition coefficient (Wildman–Crippen LogP) is 3.47. The number of nitrogens with one attached hydrogen (secondary N) is 2. The lowest BCUT2D eigenvalue weighted by Crippen LogP contribution is -2.29. The van der Waals surface area contributed by atoms with Gasteiger partial charge in [-0.1, -0.05) is 43.3 Å². The van der Waals surface area contributed by atoms with Crippen molar-refractivity contribution in [2.45, 2.75) is 19.8 Å². The zero-order valence-corrected chi connectivity index (χ0v) is 13.8. The van der Waals surface area contributed by atoms with Gasteiger partial charge in [0.05, 0.1) is 13.0 Å². The number of hydrogen-bond donors (Lipinski definition) is 2. The molecule has 0 aliphatic heterocycles. The van der Waals surface area contributed by atoms with Crippen molar-refractivity contribution in [2.75, 3.05) is 13.2 Å². The Balaban J connectivity index is 1.48. The summed E-state index contributed by atoms with van der Waals surface area (Å²) in [6.07, 6.45) is 3.21. The Morgan fingerprint density at radius 1 is 1.08 bits per heavy atom. The molecule has 0 saturated heterocycles. The van der Waals surface area contributed by atoms with Crippen LogP contribution in [0.25, 0.3) is 10.9 Å². The van der Waals surface area contributed by atoms with Crippen molar-refractivity contribution in [3.8, 4) is 5.75 Å². The van der Waals surface area contributed by atoms with Crippen molar-refractivity contribution in [2.24, 2.45) is 0 Å². The van der Waals surface area contributed by atoms with E-state index in [4.69, 9.17) is 4.74 Å². The normalized spacial score (nSPS) is 10.7. The van der Waals surface area contributed by atoms with Gasteiger partial charge in [-0.15, -0.1) is 0 Å². The van der Waals surface area contributed by atoms with Crippen molar-refractivity contribution in [3.63, 3.8) is 0 Å². The molecule has 0 atom stereocenters. The lowest BCUT2D eigenvalue weighted by atomic mass is 10.1. The van der Waals surface area contributed by atoms with Crippen molar-refractivity contribution in [3.05, 3.63) is 65.9 Å². The topological polar surface area (TPSA) is 54.1 Å². The molecule has 0 unspecified atom stereocenters. The van der Waals surface area contributed by atoms with Gasteiger partial charge >= 0.3 is 0 Å². The third-order valence-electron chi connectivity index (χ3n) is 4.06. The fourth-order valence-corrected chi connectivity index (χ4v) is 2.80. The van der Waals surface area contributed by atoms with E-state index >= 15 is 0 Å². The van der Waals surface area contributed by atoms with Gasteiger partial charge in [0.25, 0.3) is 0 Å². The number of carbonyl (C=O) groups is 1. The Hall–Kier alpha value is -2.75. The Labute approximate surface area is 141 Å². The van der Waals surface area contributed by atoms with Gasteiger partial charge in [-0.2, -0.15) is 0 Å². The van der Waals surface area contributed by atoms with Gasteiger partial charge in [-0.3, -0.25) is 4.79 Å². The summed E-state index contributed by atoms with van der Waals surface area (Å²) in [5, 5.41) is 4.01. The molecule has 1 aromatic heterocycles. The smallest absolute Gasteiger partial charge is 0.224 e. The molecule has 0 fully saturated rings. The van der Waals surface area contributed by atoms with Crippen LogP contribution in [0.1, 0.15) is 18.1 Å². The van der Waals surface area contributed by atoms with Crippen LogP contribution in [0, 0.1) is 0 Å². The Morgan fingerprint density at radius 3 is 2.75 bits per heavy atom. The van der Waals surface area contributed by atoms with Gasteiger partial charge in [0.2, 0.25) is 5.91 Å². The summed E-state index contributed by atoms with van der Waals surface area (Å²) in [6.45, 7) is 3.07. The number of benzene rings is 2. The fraction of sp³-hybridized carbons (Fsp3) is 0.250. The first-order chi connectivity index (χ1) is 11.8. The maximum Gasteiger partial charge on any atom is 0.224 e. The lowest BCUT2D eigenvalue weighted by molar-refractivity contribution is -0.120. The number of ether oxygens (including phenoxy) is 1. The van der Waals surface area contributed by atoms with E-state index in [-0.39, 0.29) is 5.91 Å². The first kappa shape index (κ1) is 16.1. The van der Waals surface area contributed by atoms with Crippen LogP contribution in [0.5, 0.6) is 5.75 Å². The van der Waals surface area contributed by atoms with E-state index in [2.05, 4.69) is 23.3 Å². The Bertz CT molecular complexity index is 823. The molecule has 4 nitrogen and oxygen atoms in total. The molecule has 4 heteroatoms. The quantitative estimate of drug-likeness (QED) is 0.655. The lowest BCUT2D eigenvalue weighted by Gasteiger charge is -2.10. The number of aryl methyl sites for hydroxylation is 1. The molecule has 0 spiro atoms. The number of para-hydroxylation sites is 2. The van der Waals surface area contributed by atoms with Gasteiger partial charge in [0.1, 0.15) is 12.4 Å². The SMILES string of the molecule is CCc1ccccc1OCCNC(=O)Cc1c[nH]c2ccccc12. The molecule has 0 saturated carbocycles. The van der Waals surface area contributed by atoms with E-state index in [0.717, 1.165) is 28.6 Å². The first-order valence-electron chi connectivity index (χ1n) is 8.30. The van der Waals surface area contributed by atoms with E-state index in [1.54, 1.807) is 0 Å². The summed E-state index contributed by atoms with van der Waals surface area (Å²) in [6, 6.07) is 16.0. The molecular weight excluding hydrogens is 300 g/mol. The van der Waals surface area contributed by atoms with Crippen LogP contribution in [0.15, 0.2) is 54.7 Å². The standard InChI is InChI=1S/C20H22N2O2/c1-2-15-7-3-6-10-19(15)24-12-11-21-20(23)13-16-14-22-18-9-5-4-8-17(16)18/h3-10,14,22H,2,11-13H2,1H3,(H,21,23). The number of aromatic amines is 1. The number of fused-ring (bicyclic) bond motifs is 1. The number of rotatable bonds is 7. The molecule has 3 aromatic rings. The monoisotopic (exact) mass is 322 g/mol. The van der Waals surface area contributed by atoms with E-state index in [1.165, 1.54) is 5.56 Å². The largest absolute Gasteiger partial charge is 0.491 e. The Kier molecular flexibility index (Phi) is 5.16. The van der Waals surface area contributed by atoms with Crippen molar-refractivity contribution >= 4 is 16.8 Å². The summed E-state index contributed by atoms with van der Waals surface area (Å²) in [4.78, 5) is 15.3. The second-order valence-corrected chi connectivity index (χ2v) is 5.70. The van der Waals surface area contributed by atoms with Crippen LogP contribution in [0.3, 0.4) is 0 Å². The fourth-order valence-electron chi connectivity index (χ4n) is 2.80. The number of carbonyl (C=O) groups excluding carboxylic acids is 1. The van der Waals surface area contributed by atoms with E-state index in [1.807, 2.05) is 48.7 Å². The average molecular weight is 322 g/mol. The van der Waals surface area contributed by atoms with Crippen molar-refractivity contribution in [1.82, 2.24) is 10.3 Å². The van der Waals surface area contributed by atoms with Gasteiger partial charge in [-0.05, 0) is 29.7 Å². The summed E-state index contributed by atoms with van der Waals surface area (Å²) in [5.41, 5.74) is 3.25. The second kappa shape index (κ2) is 7.68. The molecule has 3 rings (SSSR count). The highest BCUT2D eigenvalue weighted by molar-refractivity contribution is 5.88. The van der Waals surface area contributed by atoms with Crippen LogP contribution < -0.4 is 10.1 Å². The van der Waals surface area contributed by atoms with Gasteiger partial charge in [0, 0.05) is 17.1 Å². The minimum atomic E-state index is 0.00660. The van der Waals surface area contributed by atoms with Crippen molar-refractivity contribution in [1.29, 1.82) is 0 Å². The molecule has 0 radical (unpaired) electrons. The molecule has 2 N–H and O–H groups in total. The van der Waals surface area contributed by atoms with Gasteiger partial charge in [0.15, 0.2) is 0 Å². The second-order valence-electron chi connectivity index (χ2n) is 5.70. The Morgan fingerprint density at radius 2 is 1.88 bits per heavy atom. The zero-order valence-electron chi connectivity index (χ0n) is 13.8. The summed E-state index contributed by atoms with van der Waals surface area (Å²) < 4.78 is 5.76. The summed E-state index contributed by atoms with van der Waals surface area (Å²) in [5.74, 6) is 0.901. The zero-order chi connectivity index (χ0) is 16.8. The number of H-pyrrole nitrogens is 1. The van der Waals surface area contributed by atoms with E-state index in [0.29, 0.717) is 19.6 Å². The molecule has 0 bridgehead atoms. The maximum absolute atomic E-state index is 12.1. The molecule has 124 valence electrons. The average Bonchev–Trinajstić information content (AvgIpc) is 3.02. The minimum Gasteiger partial charge on any atom is -0.491 e. The van der Waals surface area contributed by atoms with E-state index < -0.39 is 0 Å². The molecule has 0 aliphatic carbocycles. The third-order valence-corrected chi connectivity index (χ3v) is 4.06. The molecule has 0 aliphatic rings. The van der Waals surface area contributed by atoms with Gasteiger partial charge in [-0.25, -0.2) is 0 Å². The number of hydrogen-bond acceptors (Lipinski definition) is 2. The number of amides is 1. The highest BCUT2D eigenvalue weighted by Gasteiger charge is 2.08. The molecule has 24 heavy (non-hydrogen) atoms. The molecule has 1 heterocycles. The minimum absolute atomic E-state index is 0.00660. The van der Waals surface area contributed by atoms with Crippen LogP contribution in [-0.4, -0.2) is 24.0 Å². The first-order valence-corrected chi connectivity index (χ1v) is 8.30. The number of aromatic nitrogens is 1. The van der Waals surface area contributed by atoms with Crippen LogP contribution in [0.2, 0.25) is 0 Å². The summed E-state index contributed by atoms with van der Waals surface area (Å²) in [7, 11) is 0. The van der Waals surface area contributed by atoms with Crippen molar-refractivity contribution < 1.29 is 9.53 Å². The third kappa shape index (κ3) is 3.77.